The molecule has 1 unspecified atom stereocenters. The van der Waals surface area contributed by atoms with Crippen LogP contribution in [-0.4, -0.2) is 43.7 Å². The standard InChI is InChI=1S/C19H27NO5/c1-4-6-9-23-14(3)24-10-11-25-16-7-8-17-15(12-16)13-18(20-17)19(21)22-5-2/h7-8,12-14,20H,4-6,9-11H2,1-3H3. The van der Waals surface area contributed by atoms with Crippen LogP contribution >= 0.6 is 0 Å². The number of unbranched alkanes of at least 4 members (excludes halogenated alkanes) is 1. The van der Waals surface area contributed by atoms with Crippen molar-refractivity contribution in [3.8, 4) is 5.75 Å². The van der Waals surface area contributed by atoms with Gasteiger partial charge in [-0.15, -0.1) is 0 Å². The first kappa shape index (κ1) is 19.3. The van der Waals surface area contributed by atoms with Crippen molar-refractivity contribution in [1.29, 1.82) is 0 Å². The van der Waals surface area contributed by atoms with E-state index in [-0.39, 0.29) is 12.3 Å². The van der Waals surface area contributed by atoms with Gasteiger partial charge in [-0.05, 0) is 44.5 Å². The van der Waals surface area contributed by atoms with Crippen LogP contribution in [0.15, 0.2) is 24.3 Å². The number of nitrogens with one attached hydrogen (secondary N) is 1. The van der Waals surface area contributed by atoms with Crippen LogP contribution in [0.25, 0.3) is 10.9 Å². The highest BCUT2D eigenvalue weighted by atomic mass is 16.7. The van der Waals surface area contributed by atoms with Crippen molar-refractivity contribution >= 4 is 16.9 Å². The summed E-state index contributed by atoms with van der Waals surface area (Å²) < 4.78 is 21.7. The Labute approximate surface area is 148 Å². The number of ether oxygens (including phenoxy) is 4. The van der Waals surface area contributed by atoms with Gasteiger partial charge in [-0.25, -0.2) is 4.79 Å². The fourth-order valence-electron chi connectivity index (χ4n) is 2.33. The average molecular weight is 349 g/mol. The molecule has 2 rings (SSSR count). The summed E-state index contributed by atoms with van der Waals surface area (Å²) in [7, 11) is 0. The van der Waals surface area contributed by atoms with Crippen molar-refractivity contribution in [3.05, 3.63) is 30.0 Å². The van der Waals surface area contributed by atoms with Crippen LogP contribution in [0.3, 0.4) is 0 Å². The van der Waals surface area contributed by atoms with Gasteiger partial charge in [0.25, 0.3) is 0 Å². The van der Waals surface area contributed by atoms with Gasteiger partial charge in [-0.3, -0.25) is 0 Å². The van der Waals surface area contributed by atoms with Crippen LogP contribution in [0.5, 0.6) is 5.75 Å². The maximum absolute atomic E-state index is 11.8. The number of fused-ring (bicyclic) bond motifs is 1. The first-order valence-electron chi connectivity index (χ1n) is 8.80. The van der Waals surface area contributed by atoms with Crippen LogP contribution < -0.4 is 4.74 Å². The molecular weight excluding hydrogens is 322 g/mol. The number of carbonyl (C=O) groups excluding carboxylic acids is 1. The Bertz CT molecular complexity index is 667. The van der Waals surface area contributed by atoms with Crippen molar-refractivity contribution in [1.82, 2.24) is 4.98 Å². The van der Waals surface area contributed by atoms with Crippen LogP contribution in [0, 0.1) is 0 Å². The molecule has 0 bridgehead atoms. The van der Waals surface area contributed by atoms with E-state index >= 15 is 0 Å². The zero-order valence-corrected chi connectivity index (χ0v) is 15.2. The van der Waals surface area contributed by atoms with Crippen LogP contribution in [0.4, 0.5) is 0 Å². The summed E-state index contributed by atoms with van der Waals surface area (Å²) in [6, 6.07) is 7.38. The number of carbonyl (C=O) groups is 1. The molecule has 138 valence electrons. The van der Waals surface area contributed by atoms with Crippen molar-refractivity contribution in [2.24, 2.45) is 0 Å². The highest BCUT2D eigenvalue weighted by Crippen LogP contribution is 2.22. The second-order valence-electron chi connectivity index (χ2n) is 5.66. The quantitative estimate of drug-likeness (QED) is 0.378. The van der Waals surface area contributed by atoms with E-state index in [0.717, 1.165) is 29.5 Å². The Morgan fingerprint density at radius 1 is 1.12 bits per heavy atom. The molecule has 0 aliphatic carbocycles. The summed E-state index contributed by atoms with van der Waals surface area (Å²) in [6.45, 7) is 7.74. The van der Waals surface area contributed by atoms with Gasteiger partial charge in [0.15, 0.2) is 6.29 Å². The minimum atomic E-state index is -0.355. The van der Waals surface area contributed by atoms with E-state index in [0.29, 0.717) is 32.1 Å². The molecular formula is C19H27NO5. The van der Waals surface area contributed by atoms with Gasteiger partial charge in [0.05, 0.1) is 13.2 Å². The van der Waals surface area contributed by atoms with Crippen LogP contribution in [-0.2, 0) is 14.2 Å². The maximum atomic E-state index is 11.8. The molecule has 0 aliphatic heterocycles. The fraction of sp³-hybridized carbons (Fsp3) is 0.526. The average Bonchev–Trinajstić information content (AvgIpc) is 3.02. The van der Waals surface area contributed by atoms with Crippen molar-refractivity contribution in [2.75, 3.05) is 26.4 Å². The predicted octanol–water partition coefficient (Wildman–Crippen LogP) is 3.90. The van der Waals surface area contributed by atoms with E-state index in [1.165, 1.54) is 0 Å². The molecule has 1 heterocycles. The van der Waals surface area contributed by atoms with E-state index < -0.39 is 0 Å². The van der Waals surface area contributed by atoms with Crippen LogP contribution in [0.1, 0.15) is 44.1 Å². The normalized spacial score (nSPS) is 12.3. The number of hydrogen-bond acceptors (Lipinski definition) is 5. The van der Waals surface area contributed by atoms with E-state index in [4.69, 9.17) is 18.9 Å². The summed E-state index contributed by atoms with van der Waals surface area (Å²) >= 11 is 0. The van der Waals surface area contributed by atoms with Gasteiger partial charge < -0.3 is 23.9 Å². The summed E-state index contributed by atoms with van der Waals surface area (Å²) in [4.78, 5) is 14.8. The minimum absolute atomic E-state index is 0.227. The minimum Gasteiger partial charge on any atom is -0.491 e. The van der Waals surface area contributed by atoms with E-state index in [9.17, 15) is 4.79 Å². The van der Waals surface area contributed by atoms with Crippen molar-refractivity contribution in [3.63, 3.8) is 0 Å². The van der Waals surface area contributed by atoms with Crippen molar-refractivity contribution < 1.29 is 23.7 Å². The Hall–Kier alpha value is -2.05. The summed E-state index contributed by atoms with van der Waals surface area (Å²) in [6.07, 6.45) is 1.92. The number of rotatable bonds is 11. The Kier molecular flexibility index (Phi) is 7.76. The van der Waals surface area contributed by atoms with Gasteiger partial charge in [0.2, 0.25) is 0 Å². The summed E-state index contributed by atoms with van der Waals surface area (Å²) in [5.74, 6) is 0.372. The first-order chi connectivity index (χ1) is 12.1. The molecule has 1 aromatic heterocycles. The molecule has 6 nitrogen and oxygen atoms in total. The van der Waals surface area contributed by atoms with Gasteiger partial charge in [-0.1, -0.05) is 13.3 Å². The topological polar surface area (TPSA) is 69.8 Å². The van der Waals surface area contributed by atoms with Crippen LogP contribution in [0.2, 0.25) is 0 Å². The molecule has 0 aliphatic rings. The number of aromatic amines is 1. The zero-order valence-electron chi connectivity index (χ0n) is 15.2. The van der Waals surface area contributed by atoms with E-state index in [1.807, 2.05) is 25.1 Å². The zero-order chi connectivity index (χ0) is 18.1. The number of H-pyrrole nitrogens is 1. The highest BCUT2D eigenvalue weighted by molar-refractivity contribution is 5.95. The molecule has 1 N–H and O–H groups in total. The number of aromatic nitrogens is 1. The molecule has 25 heavy (non-hydrogen) atoms. The molecule has 0 spiro atoms. The van der Waals surface area contributed by atoms with Gasteiger partial charge >= 0.3 is 5.97 Å². The SMILES string of the molecule is CCCCOC(C)OCCOc1ccc2[nH]c(C(=O)OCC)cc2c1. The van der Waals surface area contributed by atoms with E-state index in [1.54, 1.807) is 13.0 Å². The maximum Gasteiger partial charge on any atom is 0.354 e. The Morgan fingerprint density at radius 3 is 2.68 bits per heavy atom. The fourth-order valence-corrected chi connectivity index (χ4v) is 2.33. The third-order valence-corrected chi connectivity index (χ3v) is 3.64. The second kappa shape index (κ2) is 10.1. The third kappa shape index (κ3) is 6.07. The Balaban J connectivity index is 1.80. The molecule has 1 atom stereocenters. The van der Waals surface area contributed by atoms with Crippen molar-refractivity contribution in [2.45, 2.75) is 39.9 Å². The lowest BCUT2D eigenvalue weighted by Crippen LogP contribution is -2.17. The lowest BCUT2D eigenvalue weighted by molar-refractivity contribution is -0.135. The molecule has 6 heteroatoms. The Morgan fingerprint density at radius 2 is 1.92 bits per heavy atom. The van der Waals surface area contributed by atoms with Gasteiger partial charge in [-0.2, -0.15) is 0 Å². The molecule has 0 fully saturated rings. The number of benzene rings is 1. The molecule has 0 radical (unpaired) electrons. The summed E-state index contributed by atoms with van der Waals surface area (Å²) in [5.41, 5.74) is 1.31. The van der Waals surface area contributed by atoms with Gasteiger partial charge in [0.1, 0.15) is 18.1 Å². The third-order valence-electron chi connectivity index (χ3n) is 3.64. The lowest BCUT2D eigenvalue weighted by atomic mass is 10.2. The predicted molar refractivity (Wildman–Crippen MR) is 96.0 cm³/mol. The number of esters is 1. The highest BCUT2D eigenvalue weighted by Gasteiger charge is 2.10. The monoisotopic (exact) mass is 349 g/mol. The number of hydrogen-bond donors (Lipinski definition) is 1. The second-order valence-corrected chi connectivity index (χ2v) is 5.66. The summed E-state index contributed by atoms with van der Waals surface area (Å²) in [5, 5.41) is 0.901. The van der Waals surface area contributed by atoms with E-state index in [2.05, 4.69) is 11.9 Å². The van der Waals surface area contributed by atoms with Gasteiger partial charge in [0, 0.05) is 17.5 Å². The molecule has 0 saturated carbocycles. The smallest absolute Gasteiger partial charge is 0.354 e. The lowest BCUT2D eigenvalue weighted by Gasteiger charge is -2.14. The molecule has 0 saturated heterocycles. The largest absolute Gasteiger partial charge is 0.491 e. The molecule has 0 amide bonds. The molecule has 1 aromatic carbocycles. The molecule has 2 aromatic rings. The first-order valence-corrected chi connectivity index (χ1v) is 8.80.